The van der Waals surface area contributed by atoms with Gasteiger partial charge in [-0.3, -0.25) is 0 Å². The molecule has 1 aliphatic rings. The standard InChI is InChI=1S/C15H23F3N2/c1-2-19-14-7-4-3-6-12-10-20(11-13(12)14)9-5-8-15(16,17)18/h10-11,14,19H,2-9H2,1H3. The first-order valence-corrected chi connectivity index (χ1v) is 7.48. The summed E-state index contributed by atoms with van der Waals surface area (Å²) in [5.74, 6) is 0. The second kappa shape index (κ2) is 6.66. The van der Waals surface area contributed by atoms with E-state index in [0.717, 1.165) is 19.4 Å². The second-order valence-corrected chi connectivity index (χ2v) is 5.55. The highest BCUT2D eigenvalue weighted by atomic mass is 19.4. The van der Waals surface area contributed by atoms with E-state index >= 15 is 0 Å². The van der Waals surface area contributed by atoms with Crippen LogP contribution in [0.15, 0.2) is 12.4 Å². The van der Waals surface area contributed by atoms with E-state index < -0.39 is 12.6 Å². The third-order valence-corrected chi connectivity index (χ3v) is 3.89. The van der Waals surface area contributed by atoms with Crippen molar-refractivity contribution in [2.24, 2.45) is 0 Å². The van der Waals surface area contributed by atoms with Gasteiger partial charge in [0, 0.05) is 31.4 Å². The summed E-state index contributed by atoms with van der Waals surface area (Å²) in [7, 11) is 0. The van der Waals surface area contributed by atoms with Crippen molar-refractivity contribution in [1.82, 2.24) is 9.88 Å². The fourth-order valence-electron chi connectivity index (χ4n) is 2.97. The Morgan fingerprint density at radius 2 is 2.10 bits per heavy atom. The first-order chi connectivity index (χ1) is 9.49. The third kappa shape index (κ3) is 4.27. The molecule has 0 fully saturated rings. The van der Waals surface area contributed by atoms with Crippen LogP contribution in [0.3, 0.4) is 0 Å². The van der Waals surface area contributed by atoms with E-state index in [9.17, 15) is 13.2 Å². The number of rotatable bonds is 5. The average Bonchev–Trinajstić information content (AvgIpc) is 2.66. The molecule has 0 aromatic carbocycles. The molecule has 2 rings (SSSR count). The van der Waals surface area contributed by atoms with Crippen molar-refractivity contribution in [3.63, 3.8) is 0 Å². The largest absolute Gasteiger partial charge is 0.389 e. The van der Waals surface area contributed by atoms with Crippen LogP contribution in [0.4, 0.5) is 13.2 Å². The summed E-state index contributed by atoms with van der Waals surface area (Å²) in [4.78, 5) is 0. The molecule has 0 bridgehead atoms. The highest BCUT2D eigenvalue weighted by Gasteiger charge is 2.26. The van der Waals surface area contributed by atoms with E-state index in [4.69, 9.17) is 0 Å². The van der Waals surface area contributed by atoms with Gasteiger partial charge < -0.3 is 9.88 Å². The lowest BCUT2D eigenvalue weighted by Crippen LogP contribution is -2.20. The maximum Gasteiger partial charge on any atom is 0.389 e. The number of nitrogens with zero attached hydrogens (tertiary/aromatic N) is 1. The van der Waals surface area contributed by atoms with Gasteiger partial charge in [-0.1, -0.05) is 13.3 Å². The zero-order valence-corrected chi connectivity index (χ0v) is 12.0. The summed E-state index contributed by atoms with van der Waals surface area (Å²) < 4.78 is 38.5. The Morgan fingerprint density at radius 1 is 1.30 bits per heavy atom. The van der Waals surface area contributed by atoms with Gasteiger partial charge >= 0.3 is 6.18 Å². The molecule has 114 valence electrons. The Kier molecular flexibility index (Phi) is 5.13. The Morgan fingerprint density at radius 3 is 2.80 bits per heavy atom. The maximum absolute atomic E-state index is 12.2. The molecule has 1 aromatic rings. The van der Waals surface area contributed by atoms with Crippen LogP contribution >= 0.6 is 0 Å². The predicted octanol–water partition coefficient (Wildman–Crippen LogP) is 4.21. The minimum absolute atomic E-state index is 0.156. The fraction of sp³-hybridized carbons (Fsp3) is 0.733. The predicted molar refractivity (Wildman–Crippen MR) is 73.7 cm³/mol. The van der Waals surface area contributed by atoms with Crippen LogP contribution in [-0.4, -0.2) is 17.3 Å². The molecule has 1 aromatic heterocycles. The molecule has 0 saturated heterocycles. The molecule has 0 spiro atoms. The van der Waals surface area contributed by atoms with E-state index in [1.54, 1.807) is 0 Å². The van der Waals surface area contributed by atoms with Crippen LogP contribution in [0.2, 0.25) is 0 Å². The molecule has 1 unspecified atom stereocenters. The molecule has 0 aliphatic heterocycles. The molecule has 0 radical (unpaired) electrons. The molecule has 1 heterocycles. The monoisotopic (exact) mass is 288 g/mol. The zero-order chi connectivity index (χ0) is 14.6. The highest BCUT2D eigenvalue weighted by Crippen LogP contribution is 2.30. The Labute approximate surface area is 118 Å². The molecule has 1 N–H and O–H groups in total. The number of nitrogens with one attached hydrogen (secondary N) is 1. The SMILES string of the molecule is CCNC1CCCCc2cn(CCCC(F)(F)F)cc21. The van der Waals surface area contributed by atoms with Crippen molar-refractivity contribution in [1.29, 1.82) is 0 Å². The molecular formula is C15H23F3N2. The first-order valence-electron chi connectivity index (χ1n) is 7.48. The van der Waals surface area contributed by atoms with Gasteiger partial charge in [0.05, 0.1) is 0 Å². The number of fused-ring (bicyclic) bond motifs is 1. The van der Waals surface area contributed by atoms with E-state index in [1.165, 1.54) is 24.0 Å². The molecule has 0 saturated carbocycles. The third-order valence-electron chi connectivity index (χ3n) is 3.89. The van der Waals surface area contributed by atoms with Crippen molar-refractivity contribution >= 4 is 0 Å². The van der Waals surface area contributed by atoms with Crippen molar-refractivity contribution in [2.45, 2.75) is 64.2 Å². The van der Waals surface area contributed by atoms with E-state index in [-0.39, 0.29) is 6.42 Å². The summed E-state index contributed by atoms with van der Waals surface area (Å²) in [6.07, 6.45) is 4.04. The minimum Gasteiger partial charge on any atom is -0.354 e. The van der Waals surface area contributed by atoms with Crippen LogP contribution < -0.4 is 5.32 Å². The van der Waals surface area contributed by atoms with Crippen molar-refractivity contribution in [3.8, 4) is 0 Å². The summed E-state index contributed by atoms with van der Waals surface area (Å²) in [6.45, 7) is 3.46. The highest BCUT2D eigenvalue weighted by molar-refractivity contribution is 5.29. The summed E-state index contributed by atoms with van der Waals surface area (Å²) in [5.41, 5.74) is 2.59. The van der Waals surface area contributed by atoms with Crippen LogP contribution in [0.5, 0.6) is 0 Å². The average molecular weight is 288 g/mol. The van der Waals surface area contributed by atoms with Crippen LogP contribution in [0.1, 0.15) is 56.2 Å². The summed E-state index contributed by atoms with van der Waals surface area (Å²) in [5, 5.41) is 3.48. The molecule has 5 heteroatoms. The van der Waals surface area contributed by atoms with Crippen molar-refractivity contribution in [3.05, 3.63) is 23.5 Å². The maximum atomic E-state index is 12.2. The van der Waals surface area contributed by atoms with Crippen LogP contribution in [0.25, 0.3) is 0 Å². The fourth-order valence-corrected chi connectivity index (χ4v) is 2.97. The normalized spacial score (nSPS) is 19.7. The van der Waals surface area contributed by atoms with Gasteiger partial charge in [-0.05, 0) is 43.4 Å². The molecule has 1 atom stereocenters. The van der Waals surface area contributed by atoms with Crippen molar-refractivity contribution < 1.29 is 13.2 Å². The number of hydrogen-bond donors (Lipinski definition) is 1. The second-order valence-electron chi connectivity index (χ2n) is 5.55. The lowest BCUT2D eigenvalue weighted by Gasteiger charge is -2.15. The van der Waals surface area contributed by atoms with Gasteiger partial charge in [0.1, 0.15) is 0 Å². The lowest BCUT2D eigenvalue weighted by molar-refractivity contribution is -0.135. The number of alkyl halides is 3. The summed E-state index contributed by atoms with van der Waals surface area (Å²) >= 11 is 0. The lowest BCUT2D eigenvalue weighted by atomic mass is 10.0. The Hall–Kier alpha value is -0.970. The first kappa shape index (κ1) is 15.4. The van der Waals surface area contributed by atoms with Gasteiger partial charge in [0.15, 0.2) is 0 Å². The molecule has 1 aliphatic carbocycles. The molecule has 0 amide bonds. The molecular weight excluding hydrogens is 265 g/mol. The smallest absolute Gasteiger partial charge is 0.354 e. The summed E-state index contributed by atoms with van der Waals surface area (Å²) in [6, 6.07) is 0.362. The number of hydrogen-bond acceptors (Lipinski definition) is 1. The van der Waals surface area contributed by atoms with E-state index in [0.29, 0.717) is 12.6 Å². The molecule has 20 heavy (non-hydrogen) atoms. The van der Waals surface area contributed by atoms with Crippen molar-refractivity contribution in [2.75, 3.05) is 6.54 Å². The number of halogens is 3. The zero-order valence-electron chi connectivity index (χ0n) is 12.0. The van der Waals surface area contributed by atoms with Gasteiger partial charge in [0.25, 0.3) is 0 Å². The Balaban J connectivity index is 2.01. The quantitative estimate of drug-likeness (QED) is 0.803. The van der Waals surface area contributed by atoms with Crippen LogP contribution in [0, 0.1) is 0 Å². The minimum atomic E-state index is -4.05. The molecule has 2 nitrogen and oxygen atoms in total. The van der Waals surface area contributed by atoms with Gasteiger partial charge in [-0.25, -0.2) is 0 Å². The van der Waals surface area contributed by atoms with E-state index in [2.05, 4.69) is 12.2 Å². The topological polar surface area (TPSA) is 17.0 Å². The van der Waals surface area contributed by atoms with Gasteiger partial charge in [-0.15, -0.1) is 0 Å². The number of aryl methyl sites for hydroxylation is 2. The van der Waals surface area contributed by atoms with Gasteiger partial charge in [0.2, 0.25) is 0 Å². The Bertz CT molecular complexity index is 423. The number of aromatic nitrogens is 1. The van der Waals surface area contributed by atoms with Crippen LogP contribution in [-0.2, 0) is 13.0 Å². The van der Waals surface area contributed by atoms with Gasteiger partial charge in [-0.2, -0.15) is 13.2 Å². The van der Waals surface area contributed by atoms with E-state index in [1.807, 2.05) is 17.0 Å².